The molecule has 5 atom stereocenters. The molecule has 1 unspecified atom stereocenters. The van der Waals surface area contributed by atoms with E-state index >= 15 is 0 Å². The fourth-order valence-electron chi connectivity index (χ4n) is 4.30. The highest BCUT2D eigenvalue weighted by Gasteiger charge is 2.45. The van der Waals surface area contributed by atoms with Gasteiger partial charge in [-0.25, -0.2) is 4.79 Å². The van der Waals surface area contributed by atoms with Gasteiger partial charge in [-0.05, 0) is 30.7 Å². The van der Waals surface area contributed by atoms with Crippen molar-refractivity contribution in [2.45, 2.75) is 37.4 Å². The highest BCUT2D eigenvalue weighted by atomic mass is 35.5. The fourth-order valence-corrected chi connectivity index (χ4v) is 4.59. The molecule has 0 radical (unpaired) electrons. The van der Waals surface area contributed by atoms with E-state index in [2.05, 4.69) is 15.2 Å². The molecule has 2 aromatic carbocycles. The van der Waals surface area contributed by atoms with Gasteiger partial charge in [0.15, 0.2) is 5.82 Å². The summed E-state index contributed by atoms with van der Waals surface area (Å²) in [5.41, 5.74) is 1.63. The Bertz CT molecular complexity index is 1280. The topological polar surface area (TPSA) is 109 Å². The second-order valence-corrected chi connectivity index (χ2v) is 9.24. The minimum absolute atomic E-state index is 0.182. The van der Waals surface area contributed by atoms with E-state index in [4.69, 9.17) is 47.0 Å². The molecule has 1 N–H and O–H groups in total. The smallest absolute Gasteiger partial charge is 0.348 e. The molecule has 1 aliphatic rings. The molecule has 4 rings (SSSR count). The lowest BCUT2D eigenvalue weighted by Gasteiger charge is -2.43. The van der Waals surface area contributed by atoms with Crippen LogP contribution in [-0.4, -0.2) is 79.4 Å². The molecular weight excluding hydrogens is 523 g/mol. The Hall–Kier alpha value is -2.73. The molecule has 0 saturated carbocycles. The number of benzene rings is 2. The summed E-state index contributed by atoms with van der Waals surface area (Å²) in [4.78, 5) is 20.7. The fraction of sp³-hybridized carbons (Fsp3) is 0.400. The SMILES string of the molecule is CO[C@@H]1[C@@H](OC)[C@@H](OC)C(CO/N=C/c2ccc(-c3nn(-c4ccc(Cl)c(Cl)c4)c(=O)[nH]3)cc2)O[C@H]1C. The highest BCUT2D eigenvalue weighted by Crippen LogP contribution is 2.27. The molecule has 2 heterocycles. The monoisotopic (exact) mass is 550 g/mol. The van der Waals surface area contributed by atoms with Crippen LogP contribution in [0.25, 0.3) is 17.1 Å². The molecule has 1 saturated heterocycles. The second kappa shape index (κ2) is 12.2. The Kier molecular flexibility index (Phi) is 9.01. The molecule has 12 heteroatoms. The molecule has 1 aromatic heterocycles. The minimum atomic E-state index is -0.395. The van der Waals surface area contributed by atoms with Crippen LogP contribution in [0.2, 0.25) is 10.0 Å². The summed E-state index contributed by atoms with van der Waals surface area (Å²) in [6.07, 6.45) is 0.0950. The number of methoxy groups -OCH3 is 3. The number of halogens is 2. The first-order valence-electron chi connectivity index (χ1n) is 11.5. The predicted molar refractivity (Wildman–Crippen MR) is 140 cm³/mol. The summed E-state index contributed by atoms with van der Waals surface area (Å²) in [6.45, 7) is 2.10. The predicted octanol–water partition coefficient (Wildman–Crippen LogP) is 3.72. The van der Waals surface area contributed by atoms with Crippen LogP contribution in [0.1, 0.15) is 12.5 Å². The van der Waals surface area contributed by atoms with Crippen molar-refractivity contribution >= 4 is 29.4 Å². The van der Waals surface area contributed by atoms with E-state index in [-0.39, 0.29) is 37.1 Å². The maximum atomic E-state index is 12.4. The van der Waals surface area contributed by atoms with Crippen LogP contribution in [0.15, 0.2) is 52.4 Å². The number of oxime groups is 1. The van der Waals surface area contributed by atoms with Gasteiger partial charge in [0.1, 0.15) is 31.0 Å². The van der Waals surface area contributed by atoms with Crippen molar-refractivity contribution in [1.82, 2.24) is 14.8 Å². The van der Waals surface area contributed by atoms with E-state index in [1.54, 1.807) is 45.7 Å². The van der Waals surface area contributed by atoms with Gasteiger partial charge >= 0.3 is 5.69 Å². The number of rotatable bonds is 9. The van der Waals surface area contributed by atoms with E-state index in [0.717, 1.165) is 11.1 Å². The van der Waals surface area contributed by atoms with Crippen LogP contribution < -0.4 is 5.69 Å². The Balaban J connectivity index is 1.38. The van der Waals surface area contributed by atoms with E-state index in [1.807, 2.05) is 31.2 Å². The van der Waals surface area contributed by atoms with Gasteiger partial charge in [0.05, 0.1) is 28.1 Å². The first-order chi connectivity index (χ1) is 17.9. The summed E-state index contributed by atoms with van der Waals surface area (Å²) in [5, 5.41) is 9.16. The molecule has 3 aromatic rings. The molecule has 1 aliphatic heterocycles. The minimum Gasteiger partial charge on any atom is -0.393 e. The Morgan fingerprint density at radius 3 is 2.38 bits per heavy atom. The molecule has 0 bridgehead atoms. The van der Waals surface area contributed by atoms with E-state index < -0.39 is 5.69 Å². The summed E-state index contributed by atoms with van der Waals surface area (Å²) in [5.74, 6) is 0.409. The average Bonchev–Trinajstić information content (AvgIpc) is 3.29. The van der Waals surface area contributed by atoms with Gasteiger partial charge < -0.3 is 23.8 Å². The van der Waals surface area contributed by atoms with Crippen molar-refractivity contribution in [2.75, 3.05) is 27.9 Å². The van der Waals surface area contributed by atoms with Gasteiger partial charge in [-0.15, -0.1) is 5.10 Å². The van der Waals surface area contributed by atoms with Crippen LogP contribution in [0, 0.1) is 0 Å². The van der Waals surface area contributed by atoms with E-state index in [1.165, 1.54) is 4.68 Å². The number of hydrogen-bond acceptors (Lipinski definition) is 8. The molecule has 37 heavy (non-hydrogen) atoms. The van der Waals surface area contributed by atoms with Gasteiger partial charge in [-0.1, -0.05) is 52.6 Å². The zero-order chi connectivity index (χ0) is 26.5. The normalized spacial score (nSPS) is 24.0. The van der Waals surface area contributed by atoms with Gasteiger partial charge in [-0.3, -0.25) is 4.98 Å². The van der Waals surface area contributed by atoms with Crippen molar-refractivity contribution in [3.63, 3.8) is 0 Å². The zero-order valence-corrected chi connectivity index (χ0v) is 22.3. The largest absolute Gasteiger partial charge is 0.393 e. The van der Waals surface area contributed by atoms with Crippen molar-refractivity contribution in [2.24, 2.45) is 5.16 Å². The van der Waals surface area contributed by atoms with Crippen LogP contribution in [0.3, 0.4) is 0 Å². The Morgan fingerprint density at radius 1 is 1.03 bits per heavy atom. The highest BCUT2D eigenvalue weighted by molar-refractivity contribution is 6.42. The average molecular weight is 551 g/mol. The van der Waals surface area contributed by atoms with Crippen LogP contribution >= 0.6 is 23.2 Å². The Labute approximate surface area is 224 Å². The zero-order valence-electron chi connectivity index (χ0n) is 20.8. The van der Waals surface area contributed by atoms with Crippen molar-refractivity contribution in [1.29, 1.82) is 0 Å². The van der Waals surface area contributed by atoms with Crippen molar-refractivity contribution < 1.29 is 23.8 Å². The van der Waals surface area contributed by atoms with Crippen molar-refractivity contribution in [3.05, 3.63) is 68.6 Å². The molecule has 0 spiro atoms. The standard InChI is InChI=1S/C25H28Cl2N4O6/c1-14-21(33-2)23(35-4)22(34-3)20(37-14)13-36-28-12-15-5-7-16(8-6-15)24-29-25(32)31(30-24)17-9-10-18(26)19(27)11-17/h5-12,14,20-23H,13H2,1-4H3,(H,29,30,32)/b28-12+/t14-,20?,21-,22-,23+/m0/s1. The van der Waals surface area contributed by atoms with Crippen LogP contribution in [0.4, 0.5) is 0 Å². The summed E-state index contributed by atoms with van der Waals surface area (Å²) >= 11 is 12.0. The molecule has 0 aliphatic carbocycles. The number of hydrogen-bond donors (Lipinski definition) is 1. The third-order valence-corrected chi connectivity index (χ3v) is 6.89. The molecule has 198 valence electrons. The Morgan fingerprint density at radius 2 is 1.73 bits per heavy atom. The quantitative estimate of drug-likeness (QED) is 0.319. The van der Waals surface area contributed by atoms with Gasteiger partial charge in [0, 0.05) is 26.9 Å². The van der Waals surface area contributed by atoms with Gasteiger partial charge in [0.25, 0.3) is 0 Å². The lowest BCUT2D eigenvalue weighted by Crippen LogP contribution is -2.59. The lowest BCUT2D eigenvalue weighted by molar-refractivity contribution is -0.246. The lowest BCUT2D eigenvalue weighted by atomic mass is 9.95. The van der Waals surface area contributed by atoms with E-state index in [0.29, 0.717) is 21.6 Å². The maximum Gasteiger partial charge on any atom is 0.348 e. The molecule has 10 nitrogen and oxygen atoms in total. The summed E-state index contributed by atoms with van der Waals surface area (Å²) in [7, 11) is 4.84. The van der Waals surface area contributed by atoms with Gasteiger partial charge in [0.2, 0.25) is 0 Å². The maximum absolute atomic E-state index is 12.4. The number of nitrogens with one attached hydrogen (secondary N) is 1. The van der Waals surface area contributed by atoms with Crippen molar-refractivity contribution in [3.8, 4) is 17.1 Å². The summed E-state index contributed by atoms with van der Waals surface area (Å²) in [6, 6.07) is 12.2. The molecule has 1 fully saturated rings. The van der Waals surface area contributed by atoms with Gasteiger partial charge in [-0.2, -0.15) is 4.68 Å². The first kappa shape index (κ1) is 27.3. The molecular formula is C25H28Cl2N4O6. The third-order valence-electron chi connectivity index (χ3n) is 6.15. The molecule has 0 amide bonds. The van der Waals surface area contributed by atoms with Crippen LogP contribution in [0.5, 0.6) is 0 Å². The number of ether oxygens (including phenoxy) is 4. The number of nitrogens with zero attached hydrogens (tertiary/aromatic N) is 3. The number of aromatic nitrogens is 3. The second-order valence-electron chi connectivity index (χ2n) is 8.42. The van der Waals surface area contributed by atoms with E-state index in [9.17, 15) is 4.79 Å². The van der Waals surface area contributed by atoms with Crippen LogP contribution in [-0.2, 0) is 23.8 Å². The third kappa shape index (κ3) is 6.06. The number of aromatic amines is 1. The summed E-state index contributed by atoms with van der Waals surface area (Å²) < 4.78 is 24.0. The number of H-pyrrole nitrogens is 1. The first-order valence-corrected chi connectivity index (χ1v) is 12.3.